The van der Waals surface area contributed by atoms with Gasteiger partial charge in [0, 0.05) is 19.0 Å². The van der Waals surface area contributed by atoms with Crippen LogP contribution < -0.4 is 11.1 Å². The molecular formula is C11H22N2O. The molecule has 0 heterocycles. The fourth-order valence-corrected chi connectivity index (χ4v) is 2.06. The minimum Gasteiger partial charge on any atom is -0.370 e. The highest BCUT2D eigenvalue weighted by atomic mass is 16.1. The molecule has 0 aliphatic heterocycles. The summed E-state index contributed by atoms with van der Waals surface area (Å²) in [7, 11) is 0. The van der Waals surface area contributed by atoms with Crippen LogP contribution in [0.1, 0.15) is 51.4 Å². The predicted molar refractivity (Wildman–Crippen MR) is 57.9 cm³/mol. The van der Waals surface area contributed by atoms with Crippen LogP contribution in [0.4, 0.5) is 0 Å². The third-order valence-corrected chi connectivity index (χ3v) is 2.91. The first-order chi connectivity index (χ1) is 6.79. The number of hydrogen-bond acceptors (Lipinski definition) is 2. The molecule has 14 heavy (non-hydrogen) atoms. The molecule has 3 heteroatoms. The summed E-state index contributed by atoms with van der Waals surface area (Å²) in [5.41, 5.74) is 5.08. The van der Waals surface area contributed by atoms with Crippen LogP contribution in [0, 0.1) is 0 Å². The van der Waals surface area contributed by atoms with Gasteiger partial charge in [-0.15, -0.1) is 0 Å². The van der Waals surface area contributed by atoms with Crippen LogP contribution in [0.2, 0.25) is 0 Å². The predicted octanol–water partition coefficient (Wildman–Crippen LogP) is 1.56. The Morgan fingerprint density at radius 2 is 1.71 bits per heavy atom. The number of amides is 1. The van der Waals surface area contributed by atoms with Crippen molar-refractivity contribution >= 4 is 5.91 Å². The van der Waals surface area contributed by atoms with E-state index in [9.17, 15) is 4.79 Å². The Balaban J connectivity index is 2.10. The van der Waals surface area contributed by atoms with Gasteiger partial charge in [0.15, 0.2) is 0 Å². The zero-order valence-corrected chi connectivity index (χ0v) is 8.93. The normalized spacial score (nSPS) is 20.0. The Kier molecular flexibility index (Phi) is 5.60. The van der Waals surface area contributed by atoms with Crippen molar-refractivity contribution in [3.05, 3.63) is 0 Å². The van der Waals surface area contributed by atoms with Gasteiger partial charge >= 0.3 is 0 Å². The van der Waals surface area contributed by atoms with Gasteiger partial charge in [-0.3, -0.25) is 4.79 Å². The maximum absolute atomic E-state index is 10.5. The summed E-state index contributed by atoms with van der Waals surface area (Å²) in [6.45, 7) is 0.750. The highest BCUT2D eigenvalue weighted by molar-refractivity contribution is 5.73. The number of nitrogens with two attached hydrogens (primary N) is 1. The summed E-state index contributed by atoms with van der Waals surface area (Å²) in [6.07, 6.45) is 9.78. The van der Waals surface area contributed by atoms with E-state index in [2.05, 4.69) is 5.32 Å². The van der Waals surface area contributed by atoms with Crippen LogP contribution in [0.5, 0.6) is 0 Å². The lowest BCUT2D eigenvalue weighted by atomic mass is 9.97. The Morgan fingerprint density at radius 3 is 2.29 bits per heavy atom. The molecule has 1 saturated carbocycles. The standard InChI is InChI=1S/C11H22N2O/c12-11(14)8-9-13-10-6-4-2-1-3-5-7-10/h10,13H,1-9H2,(H2,12,14). The SMILES string of the molecule is NC(=O)CCNC1CCCCCCC1. The maximum Gasteiger partial charge on any atom is 0.218 e. The van der Waals surface area contributed by atoms with E-state index in [0.717, 1.165) is 6.54 Å². The van der Waals surface area contributed by atoms with Gasteiger partial charge in [0.2, 0.25) is 5.91 Å². The second-order valence-corrected chi connectivity index (χ2v) is 4.21. The van der Waals surface area contributed by atoms with E-state index < -0.39 is 0 Å². The molecule has 0 saturated heterocycles. The van der Waals surface area contributed by atoms with Crippen molar-refractivity contribution in [3.63, 3.8) is 0 Å². The van der Waals surface area contributed by atoms with Crippen LogP contribution in [-0.4, -0.2) is 18.5 Å². The molecule has 0 radical (unpaired) electrons. The molecule has 1 amide bonds. The van der Waals surface area contributed by atoms with Crippen molar-refractivity contribution in [3.8, 4) is 0 Å². The average Bonchev–Trinajstić information content (AvgIpc) is 2.07. The molecule has 0 aromatic heterocycles. The molecule has 1 rings (SSSR count). The van der Waals surface area contributed by atoms with E-state index in [0.29, 0.717) is 12.5 Å². The molecule has 82 valence electrons. The average molecular weight is 198 g/mol. The third-order valence-electron chi connectivity index (χ3n) is 2.91. The Morgan fingerprint density at radius 1 is 1.14 bits per heavy atom. The summed E-state index contributed by atoms with van der Waals surface area (Å²) < 4.78 is 0. The molecule has 0 atom stereocenters. The van der Waals surface area contributed by atoms with Gasteiger partial charge in [-0.05, 0) is 12.8 Å². The van der Waals surface area contributed by atoms with Crippen LogP contribution in [0.25, 0.3) is 0 Å². The fraction of sp³-hybridized carbons (Fsp3) is 0.909. The first-order valence-corrected chi connectivity index (χ1v) is 5.81. The van der Waals surface area contributed by atoms with Gasteiger partial charge in [0.1, 0.15) is 0 Å². The van der Waals surface area contributed by atoms with E-state index >= 15 is 0 Å². The van der Waals surface area contributed by atoms with Crippen molar-refractivity contribution in [1.29, 1.82) is 0 Å². The van der Waals surface area contributed by atoms with Gasteiger partial charge in [0.25, 0.3) is 0 Å². The number of hydrogen-bond donors (Lipinski definition) is 2. The lowest BCUT2D eigenvalue weighted by molar-refractivity contribution is -0.117. The topological polar surface area (TPSA) is 55.1 Å². The molecule has 0 bridgehead atoms. The zero-order chi connectivity index (χ0) is 10.2. The Hall–Kier alpha value is -0.570. The van der Waals surface area contributed by atoms with Crippen LogP contribution in [-0.2, 0) is 4.79 Å². The molecule has 3 N–H and O–H groups in total. The Labute approximate surface area is 86.4 Å². The van der Waals surface area contributed by atoms with Gasteiger partial charge in [-0.25, -0.2) is 0 Å². The molecule has 1 fully saturated rings. The van der Waals surface area contributed by atoms with Crippen molar-refractivity contribution in [1.82, 2.24) is 5.32 Å². The minimum atomic E-state index is -0.205. The summed E-state index contributed by atoms with van der Waals surface area (Å²) in [6, 6.07) is 0.620. The second kappa shape index (κ2) is 6.82. The molecule has 0 aromatic rings. The van der Waals surface area contributed by atoms with Gasteiger partial charge in [0.05, 0.1) is 0 Å². The monoisotopic (exact) mass is 198 g/mol. The fourth-order valence-electron chi connectivity index (χ4n) is 2.06. The highest BCUT2D eigenvalue weighted by Crippen LogP contribution is 2.16. The first-order valence-electron chi connectivity index (χ1n) is 5.81. The summed E-state index contributed by atoms with van der Waals surface area (Å²) in [5, 5.41) is 3.42. The van der Waals surface area contributed by atoms with Gasteiger partial charge in [-0.1, -0.05) is 32.1 Å². The van der Waals surface area contributed by atoms with Crippen molar-refractivity contribution in [2.45, 2.75) is 57.4 Å². The number of rotatable bonds is 4. The van der Waals surface area contributed by atoms with E-state index in [4.69, 9.17) is 5.73 Å². The molecule has 3 nitrogen and oxygen atoms in total. The number of primary amides is 1. The molecule has 0 unspecified atom stereocenters. The minimum absolute atomic E-state index is 0.205. The van der Waals surface area contributed by atoms with Gasteiger partial charge in [-0.2, -0.15) is 0 Å². The van der Waals surface area contributed by atoms with Crippen molar-refractivity contribution in [2.75, 3.05) is 6.54 Å². The van der Waals surface area contributed by atoms with E-state index in [1.165, 1.54) is 44.9 Å². The van der Waals surface area contributed by atoms with E-state index in [-0.39, 0.29) is 5.91 Å². The maximum atomic E-state index is 10.5. The first kappa shape index (κ1) is 11.5. The lowest BCUT2D eigenvalue weighted by Crippen LogP contribution is -2.32. The largest absolute Gasteiger partial charge is 0.370 e. The number of nitrogens with one attached hydrogen (secondary N) is 1. The zero-order valence-electron chi connectivity index (χ0n) is 8.93. The van der Waals surface area contributed by atoms with E-state index in [1.54, 1.807) is 0 Å². The Bertz CT molecular complexity index is 163. The summed E-state index contributed by atoms with van der Waals surface area (Å²) in [5.74, 6) is -0.205. The summed E-state index contributed by atoms with van der Waals surface area (Å²) >= 11 is 0. The van der Waals surface area contributed by atoms with Gasteiger partial charge < -0.3 is 11.1 Å². The molecule has 1 aliphatic carbocycles. The number of carbonyl (C=O) groups excluding carboxylic acids is 1. The smallest absolute Gasteiger partial charge is 0.218 e. The quantitative estimate of drug-likeness (QED) is 0.720. The molecular weight excluding hydrogens is 176 g/mol. The second-order valence-electron chi connectivity index (χ2n) is 4.21. The van der Waals surface area contributed by atoms with Crippen LogP contribution in [0.3, 0.4) is 0 Å². The molecule has 1 aliphatic rings. The molecule has 0 aromatic carbocycles. The number of carbonyl (C=O) groups is 1. The lowest BCUT2D eigenvalue weighted by Gasteiger charge is -2.20. The molecule has 0 spiro atoms. The summed E-state index contributed by atoms with van der Waals surface area (Å²) in [4.78, 5) is 10.5. The third kappa shape index (κ3) is 5.22. The highest BCUT2D eigenvalue weighted by Gasteiger charge is 2.10. The van der Waals surface area contributed by atoms with Crippen molar-refractivity contribution < 1.29 is 4.79 Å². The van der Waals surface area contributed by atoms with Crippen LogP contribution in [0.15, 0.2) is 0 Å². The van der Waals surface area contributed by atoms with E-state index in [1.807, 2.05) is 0 Å². The van der Waals surface area contributed by atoms with Crippen molar-refractivity contribution in [2.24, 2.45) is 5.73 Å². The van der Waals surface area contributed by atoms with Crippen LogP contribution >= 0.6 is 0 Å².